The first-order chi connectivity index (χ1) is 7.54. The summed E-state index contributed by atoms with van der Waals surface area (Å²) in [6.07, 6.45) is 1.44. The summed E-state index contributed by atoms with van der Waals surface area (Å²) in [4.78, 5) is 4.35. The van der Waals surface area contributed by atoms with Gasteiger partial charge in [0.2, 0.25) is 0 Å². The molecule has 0 saturated heterocycles. The molecule has 1 aliphatic carbocycles. The van der Waals surface area contributed by atoms with Crippen molar-refractivity contribution in [3.8, 4) is 0 Å². The number of anilines is 1. The number of hydrogen-bond donors (Lipinski definition) is 1. The summed E-state index contributed by atoms with van der Waals surface area (Å²) in [5, 5.41) is 6.46. The van der Waals surface area contributed by atoms with Crippen LogP contribution in [0.1, 0.15) is 27.2 Å². The highest BCUT2D eigenvalue weighted by molar-refractivity contribution is 9.10. The van der Waals surface area contributed by atoms with E-state index in [1.54, 1.807) is 11.3 Å². The number of hydrogen-bond acceptors (Lipinski definition) is 4. The van der Waals surface area contributed by atoms with Crippen LogP contribution in [0.3, 0.4) is 0 Å². The zero-order valence-corrected chi connectivity index (χ0v) is 12.2. The Bertz CT molecular complexity index is 367. The van der Waals surface area contributed by atoms with Crippen LogP contribution in [0.2, 0.25) is 0 Å². The van der Waals surface area contributed by atoms with Crippen molar-refractivity contribution in [2.75, 3.05) is 11.9 Å². The van der Waals surface area contributed by atoms with E-state index in [1.807, 2.05) is 5.38 Å². The van der Waals surface area contributed by atoms with Crippen molar-refractivity contribution >= 4 is 32.4 Å². The molecule has 1 aromatic rings. The molecule has 0 bridgehead atoms. The lowest BCUT2D eigenvalue weighted by molar-refractivity contribution is -0.0975. The van der Waals surface area contributed by atoms with Gasteiger partial charge in [0, 0.05) is 23.4 Å². The molecule has 90 valence electrons. The number of aromatic nitrogens is 1. The van der Waals surface area contributed by atoms with Crippen molar-refractivity contribution in [3.63, 3.8) is 0 Å². The molecule has 0 aromatic carbocycles. The molecule has 1 aromatic heterocycles. The van der Waals surface area contributed by atoms with Gasteiger partial charge in [-0.05, 0) is 29.3 Å². The molecule has 16 heavy (non-hydrogen) atoms. The zero-order chi connectivity index (χ0) is 11.8. The first-order valence-corrected chi connectivity index (χ1v) is 7.20. The van der Waals surface area contributed by atoms with E-state index in [9.17, 15) is 0 Å². The molecular formula is C11H17BrN2OS. The summed E-state index contributed by atoms with van der Waals surface area (Å²) in [6.45, 7) is 7.34. The third kappa shape index (κ3) is 2.26. The van der Waals surface area contributed by atoms with Gasteiger partial charge in [0.15, 0.2) is 5.13 Å². The van der Waals surface area contributed by atoms with Gasteiger partial charge in [-0.3, -0.25) is 0 Å². The average molecular weight is 305 g/mol. The summed E-state index contributed by atoms with van der Waals surface area (Å²) >= 11 is 4.99. The Morgan fingerprint density at radius 2 is 2.44 bits per heavy atom. The molecule has 1 N–H and O–H groups in total. The van der Waals surface area contributed by atoms with E-state index in [4.69, 9.17) is 4.74 Å². The summed E-state index contributed by atoms with van der Waals surface area (Å²) < 4.78 is 6.60. The fourth-order valence-electron chi connectivity index (χ4n) is 2.08. The highest BCUT2D eigenvalue weighted by Crippen LogP contribution is 2.44. The van der Waals surface area contributed by atoms with Crippen LogP contribution in [0, 0.1) is 5.41 Å². The summed E-state index contributed by atoms with van der Waals surface area (Å²) in [7, 11) is 0. The van der Waals surface area contributed by atoms with E-state index in [0.29, 0.717) is 12.1 Å². The number of nitrogens with one attached hydrogen (secondary N) is 1. The summed E-state index contributed by atoms with van der Waals surface area (Å²) in [5.74, 6) is 0. The van der Waals surface area contributed by atoms with Crippen LogP contribution >= 0.6 is 27.3 Å². The summed E-state index contributed by atoms with van der Waals surface area (Å²) in [5.41, 5.74) is 0.189. The summed E-state index contributed by atoms with van der Waals surface area (Å²) in [6, 6.07) is 0.460. The lowest BCUT2D eigenvalue weighted by atomic mass is 9.64. The van der Waals surface area contributed by atoms with Crippen LogP contribution in [0.25, 0.3) is 0 Å². The standard InChI is InChI=1S/C11H17BrN2OS/c1-4-15-8-5-7(11(8,2)3)13-10-14-9(12)6-16-10/h6-8H,4-5H2,1-3H3,(H,13,14). The number of ether oxygens (including phenoxy) is 1. The first-order valence-electron chi connectivity index (χ1n) is 5.53. The second-order valence-electron chi connectivity index (χ2n) is 4.67. The molecular weight excluding hydrogens is 288 g/mol. The van der Waals surface area contributed by atoms with Crippen LogP contribution in [0.15, 0.2) is 9.98 Å². The minimum Gasteiger partial charge on any atom is -0.378 e. The van der Waals surface area contributed by atoms with Crippen LogP contribution in [0.4, 0.5) is 5.13 Å². The lowest BCUT2D eigenvalue weighted by Gasteiger charge is -2.51. The van der Waals surface area contributed by atoms with Gasteiger partial charge in [0.1, 0.15) is 4.60 Å². The molecule has 2 unspecified atom stereocenters. The molecule has 3 nitrogen and oxygen atoms in total. The zero-order valence-electron chi connectivity index (χ0n) is 9.79. The number of thiazole rings is 1. The second-order valence-corrected chi connectivity index (χ2v) is 6.34. The van der Waals surface area contributed by atoms with Crippen molar-refractivity contribution in [3.05, 3.63) is 9.98 Å². The van der Waals surface area contributed by atoms with E-state index >= 15 is 0 Å². The number of nitrogens with zero attached hydrogens (tertiary/aromatic N) is 1. The van der Waals surface area contributed by atoms with Gasteiger partial charge in [-0.15, -0.1) is 11.3 Å². The van der Waals surface area contributed by atoms with Crippen LogP contribution in [0.5, 0.6) is 0 Å². The third-order valence-corrected chi connectivity index (χ3v) is 4.80. The molecule has 1 fully saturated rings. The highest BCUT2D eigenvalue weighted by Gasteiger charge is 2.49. The molecule has 2 atom stereocenters. The highest BCUT2D eigenvalue weighted by atomic mass is 79.9. The van der Waals surface area contributed by atoms with E-state index in [1.165, 1.54) is 0 Å². The van der Waals surface area contributed by atoms with Gasteiger partial charge in [0.25, 0.3) is 0 Å². The van der Waals surface area contributed by atoms with Gasteiger partial charge in [-0.2, -0.15) is 0 Å². The Morgan fingerprint density at radius 3 is 2.94 bits per heavy atom. The Morgan fingerprint density at radius 1 is 1.69 bits per heavy atom. The van der Waals surface area contributed by atoms with Crippen molar-refractivity contribution in [2.24, 2.45) is 5.41 Å². The predicted molar refractivity (Wildman–Crippen MR) is 71.0 cm³/mol. The van der Waals surface area contributed by atoms with Crippen LogP contribution in [-0.2, 0) is 4.74 Å². The minimum atomic E-state index is 0.189. The molecule has 0 spiro atoms. The van der Waals surface area contributed by atoms with Crippen LogP contribution in [-0.4, -0.2) is 23.7 Å². The largest absolute Gasteiger partial charge is 0.378 e. The van der Waals surface area contributed by atoms with Gasteiger partial charge in [-0.1, -0.05) is 13.8 Å². The monoisotopic (exact) mass is 304 g/mol. The number of halogens is 1. The van der Waals surface area contributed by atoms with Gasteiger partial charge >= 0.3 is 0 Å². The molecule has 2 rings (SSSR count). The molecule has 5 heteroatoms. The average Bonchev–Trinajstić information content (AvgIpc) is 2.63. The first kappa shape index (κ1) is 12.3. The SMILES string of the molecule is CCOC1CC(Nc2nc(Br)cs2)C1(C)C. The van der Waals surface area contributed by atoms with E-state index < -0.39 is 0 Å². The van der Waals surface area contributed by atoms with Crippen molar-refractivity contribution in [1.29, 1.82) is 0 Å². The topological polar surface area (TPSA) is 34.1 Å². The quantitative estimate of drug-likeness (QED) is 0.924. The predicted octanol–water partition coefficient (Wildman–Crippen LogP) is 3.52. The minimum absolute atomic E-state index is 0.189. The molecule has 0 aliphatic heterocycles. The normalized spacial score (nSPS) is 27.5. The third-order valence-electron chi connectivity index (χ3n) is 3.32. The van der Waals surface area contributed by atoms with E-state index in [2.05, 4.69) is 47.0 Å². The smallest absolute Gasteiger partial charge is 0.183 e. The fraction of sp³-hybridized carbons (Fsp3) is 0.727. The van der Waals surface area contributed by atoms with E-state index in [0.717, 1.165) is 22.8 Å². The number of rotatable bonds is 4. The maximum Gasteiger partial charge on any atom is 0.183 e. The Labute approximate surface area is 109 Å². The molecule has 0 radical (unpaired) electrons. The Hall–Kier alpha value is -0.130. The van der Waals surface area contributed by atoms with Gasteiger partial charge < -0.3 is 10.1 Å². The van der Waals surface area contributed by atoms with Crippen molar-refractivity contribution in [2.45, 2.75) is 39.3 Å². The fourth-order valence-corrected chi connectivity index (χ4v) is 3.28. The van der Waals surface area contributed by atoms with Crippen molar-refractivity contribution in [1.82, 2.24) is 4.98 Å². The van der Waals surface area contributed by atoms with E-state index in [-0.39, 0.29) is 5.41 Å². The lowest BCUT2D eigenvalue weighted by Crippen LogP contribution is -2.58. The second kappa shape index (κ2) is 4.63. The molecule has 1 saturated carbocycles. The molecule has 0 amide bonds. The van der Waals surface area contributed by atoms with Gasteiger partial charge in [0.05, 0.1) is 6.10 Å². The Kier molecular flexibility index (Phi) is 3.56. The molecule has 1 heterocycles. The molecule has 1 aliphatic rings. The maximum absolute atomic E-state index is 5.70. The maximum atomic E-state index is 5.70. The van der Waals surface area contributed by atoms with Crippen LogP contribution < -0.4 is 5.32 Å². The Balaban J connectivity index is 1.94. The van der Waals surface area contributed by atoms with Crippen molar-refractivity contribution < 1.29 is 4.74 Å². The van der Waals surface area contributed by atoms with Gasteiger partial charge in [-0.25, -0.2) is 4.98 Å².